The number of halogens is 1. The van der Waals surface area contributed by atoms with Gasteiger partial charge in [-0.1, -0.05) is 11.6 Å². The standard InChI is InChI=1S/C16H13ClO3/c1-10-8-12(17)3-4-13(10)16(18)11-2-5-14-15(9-11)20-7-6-19-14/h2-5,8-9H,6-7H2,1H3. The predicted octanol–water partition coefficient (Wildman–Crippen LogP) is 3.65. The van der Waals surface area contributed by atoms with Crippen molar-refractivity contribution in [1.29, 1.82) is 0 Å². The third-order valence-electron chi connectivity index (χ3n) is 3.24. The van der Waals surface area contributed by atoms with Crippen molar-refractivity contribution in [2.24, 2.45) is 0 Å². The number of ether oxygens (including phenoxy) is 2. The van der Waals surface area contributed by atoms with Crippen LogP contribution in [-0.4, -0.2) is 19.0 Å². The number of fused-ring (bicyclic) bond motifs is 1. The van der Waals surface area contributed by atoms with Crippen molar-refractivity contribution < 1.29 is 14.3 Å². The average Bonchev–Trinajstić information content (AvgIpc) is 2.46. The molecule has 0 bridgehead atoms. The highest BCUT2D eigenvalue weighted by Gasteiger charge is 2.17. The van der Waals surface area contributed by atoms with Crippen molar-refractivity contribution >= 4 is 17.4 Å². The molecular weight excluding hydrogens is 276 g/mol. The summed E-state index contributed by atoms with van der Waals surface area (Å²) in [6.45, 7) is 2.92. The summed E-state index contributed by atoms with van der Waals surface area (Å²) in [5.74, 6) is 1.26. The maximum atomic E-state index is 12.5. The van der Waals surface area contributed by atoms with Crippen LogP contribution in [0.15, 0.2) is 36.4 Å². The number of ketones is 1. The highest BCUT2D eigenvalue weighted by molar-refractivity contribution is 6.30. The quantitative estimate of drug-likeness (QED) is 0.791. The molecular formula is C16H13ClO3. The van der Waals surface area contributed by atoms with E-state index in [-0.39, 0.29) is 5.78 Å². The van der Waals surface area contributed by atoms with Gasteiger partial charge in [-0.05, 0) is 48.9 Å². The minimum Gasteiger partial charge on any atom is -0.486 e. The smallest absolute Gasteiger partial charge is 0.193 e. The van der Waals surface area contributed by atoms with E-state index in [0.717, 1.165) is 5.56 Å². The molecule has 3 rings (SSSR count). The summed E-state index contributed by atoms with van der Waals surface area (Å²) in [6.07, 6.45) is 0. The van der Waals surface area contributed by atoms with E-state index in [1.165, 1.54) is 0 Å². The molecule has 102 valence electrons. The van der Waals surface area contributed by atoms with Gasteiger partial charge in [0.15, 0.2) is 17.3 Å². The van der Waals surface area contributed by atoms with Crippen molar-refractivity contribution in [3.63, 3.8) is 0 Å². The second kappa shape index (κ2) is 5.17. The Morgan fingerprint density at radius 2 is 1.80 bits per heavy atom. The van der Waals surface area contributed by atoms with E-state index < -0.39 is 0 Å². The number of benzene rings is 2. The Morgan fingerprint density at radius 3 is 2.55 bits per heavy atom. The Kier molecular flexibility index (Phi) is 3.36. The molecule has 0 saturated carbocycles. The first kappa shape index (κ1) is 13.0. The van der Waals surface area contributed by atoms with Gasteiger partial charge in [0.1, 0.15) is 13.2 Å². The van der Waals surface area contributed by atoms with Crippen molar-refractivity contribution in [3.05, 3.63) is 58.1 Å². The van der Waals surface area contributed by atoms with Gasteiger partial charge in [0, 0.05) is 16.1 Å². The molecule has 0 saturated heterocycles. The molecule has 0 spiro atoms. The lowest BCUT2D eigenvalue weighted by molar-refractivity contribution is 0.103. The summed E-state index contributed by atoms with van der Waals surface area (Å²) < 4.78 is 11.0. The Labute approximate surface area is 122 Å². The molecule has 0 atom stereocenters. The highest BCUT2D eigenvalue weighted by Crippen LogP contribution is 2.31. The lowest BCUT2D eigenvalue weighted by atomic mass is 9.99. The molecule has 1 aliphatic rings. The fraction of sp³-hybridized carbons (Fsp3) is 0.188. The van der Waals surface area contributed by atoms with Gasteiger partial charge in [0.25, 0.3) is 0 Å². The van der Waals surface area contributed by atoms with Gasteiger partial charge in [-0.25, -0.2) is 0 Å². The van der Waals surface area contributed by atoms with Crippen LogP contribution < -0.4 is 9.47 Å². The molecule has 2 aromatic rings. The first-order chi connectivity index (χ1) is 9.65. The van der Waals surface area contributed by atoms with Crippen LogP contribution in [0.3, 0.4) is 0 Å². The van der Waals surface area contributed by atoms with Crippen LogP contribution in [0.4, 0.5) is 0 Å². The van der Waals surface area contributed by atoms with Crippen LogP contribution in [0.5, 0.6) is 11.5 Å². The molecule has 2 aromatic carbocycles. The second-order valence-corrected chi connectivity index (χ2v) is 5.08. The molecule has 0 fully saturated rings. The largest absolute Gasteiger partial charge is 0.486 e. The van der Waals surface area contributed by atoms with Crippen LogP contribution in [-0.2, 0) is 0 Å². The van der Waals surface area contributed by atoms with E-state index in [0.29, 0.717) is 40.9 Å². The summed E-state index contributed by atoms with van der Waals surface area (Å²) in [5, 5.41) is 0.626. The number of carbonyl (C=O) groups excluding carboxylic acids is 1. The Morgan fingerprint density at radius 1 is 1.05 bits per heavy atom. The lowest BCUT2D eigenvalue weighted by Gasteiger charge is -2.18. The van der Waals surface area contributed by atoms with E-state index in [9.17, 15) is 4.79 Å². The highest BCUT2D eigenvalue weighted by atomic mass is 35.5. The monoisotopic (exact) mass is 288 g/mol. The van der Waals surface area contributed by atoms with E-state index in [4.69, 9.17) is 21.1 Å². The molecule has 0 unspecified atom stereocenters. The molecule has 0 N–H and O–H groups in total. The molecule has 3 nitrogen and oxygen atoms in total. The van der Waals surface area contributed by atoms with Crippen molar-refractivity contribution in [2.45, 2.75) is 6.92 Å². The average molecular weight is 289 g/mol. The fourth-order valence-corrected chi connectivity index (χ4v) is 2.45. The number of rotatable bonds is 2. The molecule has 1 heterocycles. The number of aryl methyl sites for hydroxylation is 1. The zero-order valence-electron chi connectivity index (χ0n) is 11.0. The number of hydrogen-bond acceptors (Lipinski definition) is 3. The van der Waals surface area contributed by atoms with Crippen molar-refractivity contribution in [2.75, 3.05) is 13.2 Å². The molecule has 0 aliphatic carbocycles. The van der Waals surface area contributed by atoms with Gasteiger partial charge in [-0.3, -0.25) is 4.79 Å². The van der Waals surface area contributed by atoms with Gasteiger partial charge in [-0.15, -0.1) is 0 Å². The molecule has 0 amide bonds. The molecule has 20 heavy (non-hydrogen) atoms. The minimum absolute atomic E-state index is 0.0452. The normalized spacial score (nSPS) is 13.1. The van der Waals surface area contributed by atoms with Gasteiger partial charge in [-0.2, -0.15) is 0 Å². The third kappa shape index (κ3) is 2.37. The van der Waals surface area contributed by atoms with Gasteiger partial charge in [0.05, 0.1) is 0 Å². The SMILES string of the molecule is Cc1cc(Cl)ccc1C(=O)c1ccc2c(c1)OCCO2. The van der Waals surface area contributed by atoms with Gasteiger partial charge < -0.3 is 9.47 Å². The number of hydrogen-bond donors (Lipinski definition) is 0. The van der Waals surface area contributed by atoms with Crippen LogP contribution in [0.25, 0.3) is 0 Å². The molecule has 0 aromatic heterocycles. The summed E-state index contributed by atoms with van der Waals surface area (Å²) >= 11 is 5.91. The van der Waals surface area contributed by atoms with Crippen LogP contribution >= 0.6 is 11.6 Å². The van der Waals surface area contributed by atoms with E-state index in [1.54, 1.807) is 36.4 Å². The Hall–Kier alpha value is -2.00. The maximum absolute atomic E-state index is 12.5. The first-order valence-electron chi connectivity index (χ1n) is 6.35. The predicted molar refractivity (Wildman–Crippen MR) is 77.1 cm³/mol. The van der Waals surface area contributed by atoms with Gasteiger partial charge in [0.2, 0.25) is 0 Å². The molecule has 1 aliphatic heterocycles. The van der Waals surface area contributed by atoms with Gasteiger partial charge >= 0.3 is 0 Å². The Bertz CT molecular complexity index is 679. The Balaban J connectivity index is 1.98. The lowest BCUT2D eigenvalue weighted by Crippen LogP contribution is -2.16. The topological polar surface area (TPSA) is 35.5 Å². The van der Waals surface area contributed by atoms with Crippen molar-refractivity contribution in [3.8, 4) is 11.5 Å². The summed E-state index contributed by atoms with van der Waals surface area (Å²) in [6, 6.07) is 10.5. The van der Waals surface area contributed by atoms with Crippen LogP contribution in [0.1, 0.15) is 21.5 Å². The maximum Gasteiger partial charge on any atom is 0.193 e. The van der Waals surface area contributed by atoms with Crippen LogP contribution in [0.2, 0.25) is 5.02 Å². The summed E-state index contributed by atoms with van der Waals surface area (Å²) in [4.78, 5) is 12.5. The van der Waals surface area contributed by atoms with E-state index in [1.807, 2.05) is 6.92 Å². The van der Waals surface area contributed by atoms with Crippen LogP contribution in [0, 0.1) is 6.92 Å². The zero-order chi connectivity index (χ0) is 14.1. The van der Waals surface area contributed by atoms with E-state index >= 15 is 0 Å². The summed E-state index contributed by atoms with van der Waals surface area (Å²) in [5.41, 5.74) is 2.09. The number of carbonyl (C=O) groups is 1. The molecule has 0 radical (unpaired) electrons. The fourth-order valence-electron chi connectivity index (χ4n) is 2.22. The van der Waals surface area contributed by atoms with Crippen molar-refractivity contribution in [1.82, 2.24) is 0 Å². The minimum atomic E-state index is -0.0452. The molecule has 4 heteroatoms. The summed E-state index contributed by atoms with van der Waals surface area (Å²) in [7, 11) is 0. The second-order valence-electron chi connectivity index (χ2n) is 4.65. The zero-order valence-corrected chi connectivity index (χ0v) is 11.7. The van der Waals surface area contributed by atoms with E-state index in [2.05, 4.69) is 0 Å². The third-order valence-corrected chi connectivity index (χ3v) is 3.47. The first-order valence-corrected chi connectivity index (χ1v) is 6.73.